The van der Waals surface area contributed by atoms with E-state index in [4.69, 9.17) is 10.5 Å². The Kier molecular flexibility index (Phi) is 5.94. The molecule has 0 spiro atoms. The fourth-order valence-corrected chi connectivity index (χ4v) is 3.47. The van der Waals surface area contributed by atoms with Gasteiger partial charge in [-0.3, -0.25) is 9.78 Å². The van der Waals surface area contributed by atoms with Crippen molar-refractivity contribution in [2.45, 2.75) is 18.9 Å². The molecule has 5 nitrogen and oxygen atoms in total. The molecule has 1 fully saturated rings. The lowest BCUT2D eigenvalue weighted by atomic mass is 9.96. The van der Waals surface area contributed by atoms with E-state index in [2.05, 4.69) is 10.3 Å². The van der Waals surface area contributed by atoms with Gasteiger partial charge in [-0.15, -0.1) is 12.4 Å². The van der Waals surface area contributed by atoms with Crippen LogP contribution in [0.15, 0.2) is 54.9 Å². The first-order valence-electron chi connectivity index (χ1n) is 8.87. The molecule has 6 heteroatoms. The molecule has 3 aromatic rings. The number of halogens is 1. The van der Waals surface area contributed by atoms with Crippen LogP contribution in [0.4, 0.5) is 0 Å². The lowest BCUT2D eigenvalue weighted by Crippen LogP contribution is -2.34. The number of primary amides is 1. The maximum Gasteiger partial charge on any atom is 0.248 e. The molecule has 0 bridgehead atoms. The van der Waals surface area contributed by atoms with Gasteiger partial charge in [0, 0.05) is 28.9 Å². The molecule has 2 aromatic carbocycles. The molecule has 3 N–H and O–H groups in total. The number of ether oxygens (including phenoxy) is 1. The molecule has 1 aromatic heterocycles. The number of nitrogens with one attached hydrogen (secondary N) is 1. The summed E-state index contributed by atoms with van der Waals surface area (Å²) in [7, 11) is 0. The number of hydrogen-bond acceptors (Lipinski definition) is 4. The monoisotopic (exact) mass is 383 g/mol. The van der Waals surface area contributed by atoms with E-state index in [0.29, 0.717) is 5.56 Å². The summed E-state index contributed by atoms with van der Waals surface area (Å²) in [5, 5.41) is 5.44. The van der Waals surface area contributed by atoms with Crippen molar-refractivity contribution < 1.29 is 9.53 Å². The molecule has 0 aliphatic carbocycles. The van der Waals surface area contributed by atoms with Crippen molar-refractivity contribution in [2.75, 3.05) is 13.1 Å². The number of pyridine rings is 1. The number of piperidine rings is 1. The van der Waals surface area contributed by atoms with Gasteiger partial charge in [0.2, 0.25) is 5.91 Å². The first-order valence-corrected chi connectivity index (χ1v) is 8.87. The Morgan fingerprint density at radius 2 is 1.96 bits per heavy atom. The van der Waals surface area contributed by atoms with Gasteiger partial charge in [0.15, 0.2) is 0 Å². The van der Waals surface area contributed by atoms with Crippen molar-refractivity contribution in [3.05, 3.63) is 60.4 Å². The Bertz CT molecular complexity index is 955. The standard InChI is InChI=1S/C21H21N3O2.ClH/c22-21(25)15-3-1-2-14(12-15)20-18-8-11-24-13-16(18)4-5-19(20)26-17-6-9-23-10-7-17;/h1-5,8,11-13,17,23H,6-7,9-10H2,(H2,22,25);1H. The zero-order valence-electron chi connectivity index (χ0n) is 14.9. The molecule has 4 rings (SSSR count). The van der Waals surface area contributed by atoms with Crippen molar-refractivity contribution in [1.29, 1.82) is 0 Å². The maximum absolute atomic E-state index is 11.6. The summed E-state index contributed by atoms with van der Waals surface area (Å²) in [6, 6.07) is 13.4. The second-order valence-corrected chi connectivity index (χ2v) is 6.55. The van der Waals surface area contributed by atoms with Gasteiger partial charge >= 0.3 is 0 Å². The van der Waals surface area contributed by atoms with Crippen LogP contribution >= 0.6 is 12.4 Å². The van der Waals surface area contributed by atoms with Crippen LogP contribution in [0.3, 0.4) is 0 Å². The van der Waals surface area contributed by atoms with E-state index in [9.17, 15) is 4.79 Å². The van der Waals surface area contributed by atoms with Gasteiger partial charge in [-0.1, -0.05) is 12.1 Å². The molecule has 1 aliphatic heterocycles. The highest BCUT2D eigenvalue weighted by molar-refractivity contribution is 6.01. The first-order chi connectivity index (χ1) is 12.7. The Labute approximate surface area is 164 Å². The van der Waals surface area contributed by atoms with E-state index in [0.717, 1.165) is 53.6 Å². The molecular formula is C21H22ClN3O2. The average Bonchev–Trinajstić information content (AvgIpc) is 2.68. The van der Waals surface area contributed by atoms with Gasteiger partial charge in [0.1, 0.15) is 11.9 Å². The highest BCUT2D eigenvalue weighted by Gasteiger charge is 2.19. The molecule has 0 saturated carbocycles. The second-order valence-electron chi connectivity index (χ2n) is 6.55. The molecule has 140 valence electrons. The summed E-state index contributed by atoms with van der Waals surface area (Å²) in [5.74, 6) is 0.395. The van der Waals surface area contributed by atoms with Crippen molar-refractivity contribution in [1.82, 2.24) is 10.3 Å². The van der Waals surface area contributed by atoms with E-state index < -0.39 is 5.91 Å². The number of carbonyl (C=O) groups is 1. The van der Waals surface area contributed by atoms with Crippen molar-refractivity contribution in [2.24, 2.45) is 5.73 Å². The molecule has 0 unspecified atom stereocenters. The predicted molar refractivity (Wildman–Crippen MR) is 109 cm³/mol. The largest absolute Gasteiger partial charge is 0.490 e. The number of hydrogen-bond donors (Lipinski definition) is 2. The molecule has 0 atom stereocenters. The molecule has 1 aliphatic rings. The van der Waals surface area contributed by atoms with Crippen LogP contribution in [0.25, 0.3) is 21.9 Å². The maximum atomic E-state index is 11.6. The number of aromatic nitrogens is 1. The summed E-state index contributed by atoms with van der Waals surface area (Å²) in [4.78, 5) is 15.8. The van der Waals surface area contributed by atoms with E-state index in [1.807, 2.05) is 42.6 Å². The zero-order chi connectivity index (χ0) is 17.9. The number of fused-ring (bicyclic) bond motifs is 1. The number of nitrogens with zero attached hydrogens (tertiary/aromatic N) is 1. The number of carbonyl (C=O) groups excluding carboxylic acids is 1. The summed E-state index contributed by atoms with van der Waals surface area (Å²) in [6.07, 6.45) is 5.77. The van der Waals surface area contributed by atoms with Crippen LogP contribution in [0.1, 0.15) is 23.2 Å². The molecule has 27 heavy (non-hydrogen) atoms. The third-order valence-electron chi connectivity index (χ3n) is 4.80. The van der Waals surface area contributed by atoms with Gasteiger partial charge < -0.3 is 15.8 Å². The SMILES string of the molecule is Cl.NC(=O)c1cccc(-c2c(OC3CCNCC3)ccc3cnccc23)c1. The Hall–Kier alpha value is -2.63. The molecule has 2 heterocycles. The highest BCUT2D eigenvalue weighted by Crippen LogP contribution is 2.38. The fourth-order valence-electron chi connectivity index (χ4n) is 3.47. The van der Waals surface area contributed by atoms with Crippen LogP contribution in [0, 0.1) is 0 Å². The van der Waals surface area contributed by atoms with E-state index in [1.54, 1.807) is 12.3 Å². The van der Waals surface area contributed by atoms with Gasteiger partial charge in [-0.05, 0) is 67.2 Å². The summed E-state index contributed by atoms with van der Waals surface area (Å²) < 4.78 is 6.37. The lowest BCUT2D eigenvalue weighted by molar-refractivity contribution is 0.100. The number of nitrogens with two attached hydrogens (primary N) is 1. The average molecular weight is 384 g/mol. The lowest BCUT2D eigenvalue weighted by Gasteiger charge is -2.25. The number of rotatable bonds is 4. The molecular weight excluding hydrogens is 362 g/mol. The first kappa shape index (κ1) is 19.1. The highest BCUT2D eigenvalue weighted by atomic mass is 35.5. The Morgan fingerprint density at radius 3 is 2.74 bits per heavy atom. The van der Waals surface area contributed by atoms with E-state index in [1.165, 1.54) is 0 Å². The van der Waals surface area contributed by atoms with Gasteiger partial charge in [-0.25, -0.2) is 0 Å². The number of amides is 1. The van der Waals surface area contributed by atoms with E-state index >= 15 is 0 Å². The Balaban J connectivity index is 0.00000210. The third kappa shape index (κ3) is 4.04. The van der Waals surface area contributed by atoms with Crippen molar-refractivity contribution in [3.63, 3.8) is 0 Å². The van der Waals surface area contributed by atoms with Crippen LogP contribution < -0.4 is 15.8 Å². The van der Waals surface area contributed by atoms with Gasteiger partial charge in [-0.2, -0.15) is 0 Å². The topological polar surface area (TPSA) is 77.2 Å². The van der Waals surface area contributed by atoms with Gasteiger partial charge in [0.25, 0.3) is 0 Å². The zero-order valence-corrected chi connectivity index (χ0v) is 15.7. The second kappa shape index (κ2) is 8.37. The van der Waals surface area contributed by atoms with Crippen LogP contribution in [-0.4, -0.2) is 30.1 Å². The minimum Gasteiger partial charge on any atom is -0.490 e. The van der Waals surface area contributed by atoms with E-state index in [-0.39, 0.29) is 18.5 Å². The van der Waals surface area contributed by atoms with Crippen LogP contribution in [-0.2, 0) is 0 Å². The minimum atomic E-state index is -0.436. The smallest absolute Gasteiger partial charge is 0.248 e. The fraction of sp³-hybridized carbons (Fsp3) is 0.238. The molecule has 0 radical (unpaired) electrons. The number of benzene rings is 2. The van der Waals surface area contributed by atoms with Crippen LogP contribution in [0.5, 0.6) is 5.75 Å². The quantitative estimate of drug-likeness (QED) is 0.722. The predicted octanol–water partition coefficient (Wildman–Crippen LogP) is 3.55. The summed E-state index contributed by atoms with van der Waals surface area (Å²) in [5.41, 5.74) is 7.86. The summed E-state index contributed by atoms with van der Waals surface area (Å²) in [6.45, 7) is 1.93. The van der Waals surface area contributed by atoms with Crippen molar-refractivity contribution >= 4 is 29.1 Å². The van der Waals surface area contributed by atoms with Crippen LogP contribution in [0.2, 0.25) is 0 Å². The summed E-state index contributed by atoms with van der Waals surface area (Å²) >= 11 is 0. The van der Waals surface area contributed by atoms with Crippen molar-refractivity contribution in [3.8, 4) is 16.9 Å². The normalized spacial score (nSPS) is 14.5. The molecule has 1 saturated heterocycles. The van der Waals surface area contributed by atoms with Gasteiger partial charge in [0.05, 0.1) is 0 Å². The molecule has 1 amide bonds. The minimum absolute atomic E-state index is 0. The Morgan fingerprint density at radius 1 is 1.15 bits per heavy atom. The third-order valence-corrected chi connectivity index (χ3v) is 4.80.